The summed E-state index contributed by atoms with van der Waals surface area (Å²) in [5.74, 6) is 0. The molecular formula is C52H28O3. The zero-order chi connectivity index (χ0) is 37.5. The monoisotopic (exact) mass is 702 g/mol. The molecule has 0 amide bonds. The average molecular weight is 703 g/mol. The van der Waals surface area contributed by atoms with Crippen LogP contribution in [0.25, 0.3) is 132 Å². The second-order valence-electron chi connectivity index (χ2n) is 14.5. The SMILES string of the molecule is [2H]c1cc2ccc3c(-c4cccc5c4oc4ccccc45)c([2H])c(-c4cccc5c4oc4ccccc45)c4ccc(c1-c1cccc5c1oc1ccccc15)c2c34. The molecule has 0 aliphatic carbocycles. The molecular weight excluding hydrogens is 673 g/mol. The van der Waals surface area contributed by atoms with Crippen LogP contribution in [0, 0.1) is 0 Å². The molecule has 3 heterocycles. The Hall–Kier alpha value is -7.36. The quantitative estimate of drug-likeness (QED) is 0.172. The van der Waals surface area contributed by atoms with Crippen molar-refractivity contribution in [3.8, 4) is 33.4 Å². The van der Waals surface area contributed by atoms with Crippen LogP contribution in [0.1, 0.15) is 2.74 Å². The van der Waals surface area contributed by atoms with E-state index in [1.165, 1.54) is 0 Å². The van der Waals surface area contributed by atoms with Crippen molar-refractivity contribution >= 4 is 98.1 Å². The van der Waals surface area contributed by atoms with Crippen molar-refractivity contribution in [1.29, 1.82) is 0 Å². The molecule has 13 rings (SSSR count). The minimum Gasteiger partial charge on any atom is -0.455 e. The second-order valence-corrected chi connectivity index (χ2v) is 14.5. The molecule has 55 heavy (non-hydrogen) atoms. The topological polar surface area (TPSA) is 39.4 Å². The third-order valence-corrected chi connectivity index (χ3v) is 11.6. The number of benzene rings is 10. The van der Waals surface area contributed by atoms with Gasteiger partial charge in [-0.3, -0.25) is 0 Å². The van der Waals surface area contributed by atoms with Crippen LogP contribution in [0.4, 0.5) is 0 Å². The highest BCUT2D eigenvalue weighted by atomic mass is 16.3. The minimum absolute atomic E-state index is 0.398. The number of rotatable bonds is 3. The third kappa shape index (κ3) is 3.89. The molecule has 10 aromatic carbocycles. The van der Waals surface area contributed by atoms with Gasteiger partial charge in [-0.2, -0.15) is 0 Å². The Morgan fingerprint density at radius 1 is 0.291 bits per heavy atom. The molecule has 13 aromatic rings. The largest absolute Gasteiger partial charge is 0.455 e. The molecule has 254 valence electrons. The fourth-order valence-corrected chi connectivity index (χ4v) is 9.23. The Bertz CT molecular complexity index is 3710. The maximum atomic E-state index is 10.3. The fourth-order valence-electron chi connectivity index (χ4n) is 9.23. The van der Waals surface area contributed by atoms with E-state index < -0.39 is 0 Å². The lowest BCUT2D eigenvalue weighted by Crippen LogP contribution is -1.93. The molecule has 0 saturated heterocycles. The van der Waals surface area contributed by atoms with E-state index in [1.807, 2.05) is 60.7 Å². The molecule has 3 aromatic heterocycles. The van der Waals surface area contributed by atoms with Crippen LogP contribution in [0.15, 0.2) is 183 Å². The summed E-state index contributed by atoms with van der Waals surface area (Å²) in [5, 5.41) is 12.1. The van der Waals surface area contributed by atoms with E-state index in [0.29, 0.717) is 12.1 Å². The molecule has 0 saturated carbocycles. The van der Waals surface area contributed by atoms with Crippen LogP contribution < -0.4 is 0 Å². The van der Waals surface area contributed by atoms with Gasteiger partial charge in [0.2, 0.25) is 0 Å². The van der Waals surface area contributed by atoms with Crippen molar-refractivity contribution in [2.24, 2.45) is 0 Å². The summed E-state index contributed by atoms with van der Waals surface area (Å²) in [4.78, 5) is 0. The lowest BCUT2D eigenvalue weighted by atomic mass is 9.83. The molecule has 0 unspecified atom stereocenters. The molecule has 3 heteroatoms. The zero-order valence-corrected chi connectivity index (χ0v) is 29.2. The highest BCUT2D eigenvalue weighted by Gasteiger charge is 2.23. The van der Waals surface area contributed by atoms with Gasteiger partial charge < -0.3 is 13.3 Å². The molecule has 0 fully saturated rings. The summed E-state index contributed by atoms with van der Waals surface area (Å²) in [7, 11) is 0. The summed E-state index contributed by atoms with van der Waals surface area (Å²) in [6.45, 7) is 0. The molecule has 0 bridgehead atoms. The first-order valence-corrected chi connectivity index (χ1v) is 18.6. The summed E-state index contributed by atoms with van der Waals surface area (Å²) >= 11 is 0. The van der Waals surface area contributed by atoms with Gasteiger partial charge in [0.25, 0.3) is 0 Å². The summed E-state index contributed by atoms with van der Waals surface area (Å²) in [6, 6.07) is 54.4. The van der Waals surface area contributed by atoms with Crippen molar-refractivity contribution < 1.29 is 16.0 Å². The highest BCUT2D eigenvalue weighted by Crippen LogP contribution is 2.50. The zero-order valence-electron chi connectivity index (χ0n) is 31.2. The Kier molecular flexibility index (Phi) is 5.27. The maximum Gasteiger partial charge on any atom is 0.143 e. The van der Waals surface area contributed by atoms with E-state index in [0.717, 1.165) is 132 Å². The van der Waals surface area contributed by atoms with Gasteiger partial charge in [-0.1, -0.05) is 146 Å². The van der Waals surface area contributed by atoms with Gasteiger partial charge in [-0.15, -0.1) is 0 Å². The normalized spacial score (nSPS) is 12.9. The fraction of sp³-hybridized carbons (Fsp3) is 0. The first-order valence-electron chi connectivity index (χ1n) is 19.6. The molecule has 0 radical (unpaired) electrons. The Balaban J connectivity index is 1.21. The molecule has 0 spiro atoms. The first kappa shape index (κ1) is 27.3. The van der Waals surface area contributed by atoms with E-state index in [1.54, 1.807) is 0 Å². The van der Waals surface area contributed by atoms with Gasteiger partial charge in [-0.25, -0.2) is 0 Å². The van der Waals surface area contributed by atoms with E-state index >= 15 is 0 Å². The molecule has 0 aliphatic rings. The van der Waals surface area contributed by atoms with Crippen molar-refractivity contribution in [2.45, 2.75) is 0 Å². The van der Waals surface area contributed by atoms with E-state index in [-0.39, 0.29) is 0 Å². The predicted octanol–water partition coefficient (Wildman–Crippen LogP) is 15.3. The van der Waals surface area contributed by atoms with E-state index in [9.17, 15) is 2.74 Å². The van der Waals surface area contributed by atoms with Crippen LogP contribution in [0.3, 0.4) is 0 Å². The lowest BCUT2D eigenvalue weighted by Gasteiger charge is -2.19. The van der Waals surface area contributed by atoms with Crippen LogP contribution >= 0.6 is 0 Å². The number of furan rings is 3. The average Bonchev–Trinajstić information content (AvgIpc) is 3.94. The standard InChI is InChI=1S/C52H28O3/c1-4-19-45-31(10-1)38-14-7-13-37(50(38)53-45)30-24-22-29-23-25-35-43(41-17-8-15-39-32-11-2-5-20-46(32)54-51(39)41)28-44(36-27-26-34(30)48(29)49(35)36)42-18-9-16-40-33-12-3-6-21-47(33)55-52(40)42/h1-28H/i24D,28D. The van der Waals surface area contributed by atoms with Crippen LogP contribution in [-0.2, 0) is 0 Å². The summed E-state index contributed by atoms with van der Waals surface area (Å²) < 4.78 is 39.7. The highest BCUT2D eigenvalue weighted by molar-refractivity contribution is 6.32. The van der Waals surface area contributed by atoms with Crippen LogP contribution in [0.2, 0.25) is 0 Å². The Morgan fingerprint density at radius 2 is 0.691 bits per heavy atom. The van der Waals surface area contributed by atoms with Gasteiger partial charge in [0.05, 0.1) is 2.74 Å². The van der Waals surface area contributed by atoms with Gasteiger partial charge in [0.1, 0.15) is 33.5 Å². The van der Waals surface area contributed by atoms with Gasteiger partial charge >= 0.3 is 0 Å². The number of hydrogen-bond acceptors (Lipinski definition) is 3. The van der Waals surface area contributed by atoms with Crippen LogP contribution in [0.5, 0.6) is 0 Å². The van der Waals surface area contributed by atoms with Crippen molar-refractivity contribution in [3.63, 3.8) is 0 Å². The van der Waals surface area contributed by atoms with Gasteiger partial charge in [0.15, 0.2) is 0 Å². The van der Waals surface area contributed by atoms with Crippen LogP contribution in [-0.4, -0.2) is 0 Å². The molecule has 0 aliphatic heterocycles. The molecule has 0 atom stereocenters. The lowest BCUT2D eigenvalue weighted by molar-refractivity contribution is 0.669. The Morgan fingerprint density at radius 3 is 1.18 bits per heavy atom. The molecule has 0 N–H and O–H groups in total. The molecule has 3 nitrogen and oxygen atoms in total. The smallest absolute Gasteiger partial charge is 0.143 e. The van der Waals surface area contributed by atoms with Crippen molar-refractivity contribution in [3.05, 3.63) is 170 Å². The number of fused-ring (bicyclic) bond motifs is 9. The Labute approximate surface area is 316 Å². The number of hydrogen-bond donors (Lipinski definition) is 0. The van der Waals surface area contributed by atoms with E-state index in [2.05, 4.69) is 97.1 Å². The second kappa shape index (κ2) is 10.6. The predicted molar refractivity (Wildman–Crippen MR) is 228 cm³/mol. The third-order valence-electron chi connectivity index (χ3n) is 11.6. The van der Waals surface area contributed by atoms with Gasteiger partial charge in [-0.05, 0) is 73.2 Å². The summed E-state index contributed by atoms with van der Waals surface area (Å²) in [5.41, 5.74) is 9.71. The summed E-state index contributed by atoms with van der Waals surface area (Å²) in [6.07, 6.45) is 0. The number of para-hydroxylation sites is 6. The van der Waals surface area contributed by atoms with E-state index in [4.69, 9.17) is 13.3 Å². The van der Waals surface area contributed by atoms with Crippen molar-refractivity contribution in [1.82, 2.24) is 0 Å². The van der Waals surface area contributed by atoms with Crippen molar-refractivity contribution in [2.75, 3.05) is 0 Å². The first-order chi connectivity index (χ1) is 28.1. The van der Waals surface area contributed by atoms with Gasteiger partial charge in [0, 0.05) is 49.0 Å². The maximum absolute atomic E-state index is 10.3. The minimum atomic E-state index is 0.398.